The molecular weight excluding hydrogens is 313 g/mol. The zero-order valence-corrected chi connectivity index (χ0v) is 12.6. The number of hydrogen-bond donors (Lipinski definition) is 1. The number of benzene rings is 1. The molecule has 23 heavy (non-hydrogen) atoms. The number of halogens is 3. The molecule has 1 saturated heterocycles. The molecule has 126 valence electrons. The standard InChI is InChI=1S/C13H13F3N2O3.C2H4/c1-20-7-4-8-9-6-17-2-3-18(9)12(19)11(8)10(5-7)21-13(14,15)16;1-2/h4-5,9,17H,2-3,6H2,1H3;1-2H2. The van der Waals surface area contributed by atoms with E-state index in [1.807, 2.05) is 0 Å². The third-order valence-electron chi connectivity index (χ3n) is 3.64. The third kappa shape index (κ3) is 3.26. The first-order chi connectivity index (χ1) is 10.9. The van der Waals surface area contributed by atoms with Crippen molar-refractivity contribution in [1.82, 2.24) is 10.2 Å². The molecule has 3 rings (SSSR count). The number of nitrogens with zero attached hydrogens (tertiary/aromatic N) is 1. The molecule has 0 aliphatic carbocycles. The Morgan fingerprint density at radius 1 is 1.35 bits per heavy atom. The van der Waals surface area contributed by atoms with E-state index >= 15 is 0 Å². The van der Waals surface area contributed by atoms with Crippen molar-refractivity contribution < 1.29 is 27.4 Å². The fourth-order valence-electron chi connectivity index (χ4n) is 2.79. The lowest BCUT2D eigenvalue weighted by Crippen LogP contribution is -2.44. The van der Waals surface area contributed by atoms with E-state index in [2.05, 4.69) is 23.2 Å². The summed E-state index contributed by atoms with van der Waals surface area (Å²) in [5.41, 5.74) is 0.479. The Labute approximate surface area is 131 Å². The second kappa shape index (κ2) is 6.49. The highest BCUT2D eigenvalue weighted by Crippen LogP contribution is 2.43. The first-order valence-corrected chi connectivity index (χ1v) is 6.90. The highest BCUT2D eigenvalue weighted by atomic mass is 19.4. The summed E-state index contributed by atoms with van der Waals surface area (Å²) in [5, 5.41) is 3.13. The molecule has 0 saturated carbocycles. The zero-order chi connectivity index (χ0) is 17.2. The summed E-state index contributed by atoms with van der Waals surface area (Å²) in [6.45, 7) is 7.56. The van der Waals surface area contributed by atoms with Gasteiger partial charge in [-0.2, -0.15) is 0 Å². The van der Waals surface area contributed by atoms with E-state index in [-0.39, 0.29) is 17.4 Å². The van der Waals surface area contributed by atoms with Crippen LogP contribution in [0.2, 0.25) is 0 Å². The largest absolute Gasteiger partial charge is 0.573 e. The Kier molecular flexibility index (Phi) is 4.84. The number of piperazine rings is 1. The topological polar surface area (TPSA) is 50.8 Å². The number of ether oxygens (including phenoxy) is 2. The summed E-state index contributed by atoms with van der Waals surface area (Å²) in [4.78, 5) is 13.9. The Balaban J connectivity index is 0.000000924. The van der Waals surface area contributed by atoms with Crippen molar-refractivity contribution in [2.45, 2.75) is 12.4 Å². The van der Waals surface area contributed by atoms with Gasteiger partial charge in [0, 0.05) is 25.7 Å². The lowest BCUT2D eigenvalue weighted by molar-refractivity contribution is -0.274. The predicted octanol–water partition coefficient (Wildman–Crippen LogP) is 2.50. The number of carbonyl (C=O) groups is 1. The van der Waals surface area contributed by atoms with Crippen LogP contribution in [0.25, 0.3) is 0 Å². The molecule has 1 fully saturated rings. The lowest BCUT2D eigenvalue weighted by Gasteiger charge is -2.30. The van der Waals surface area contributed by atoms with E-state index in [4.69, 9.17) is 4.74 Å². The Morgan fingerprint density at radius 3 is 2.65 bits per heavy atom. The molecule has 2 aliphatic rings. The molecule has 1 aromatic rings. The molecule has 2 heterocycles. The number of amides is 1. The number of fused-ring (bicyclic) bond motifs is 3. The first-order valence-electron chi connectivity index (χ1n) is 6.90. The monoisotopic (exact) mass is 330 g/mol. The molecule has 1 atom stereocenters. The number of alkyl halides is 3. The van der Waals surface area contributed by atoms with Gasteiger partial charge in [-0.15, -0.1) is 26.3 Å². The molecular formula is C15H17F3N2O3. The maximum atomic E-state index is 12.5. The van der Waals surface area contributed by atoms with E-state index in [1.54, 1.807) is 11.0 Å². The molecule has 1 amide bonds. The zero-order valence-electron chi connectivity index (χ0n) is 12.6. The highest BCUT2D eigenvalue weighted by molar-refractivity contribution is 6.02. The van der Waals surface area contributed by atoms with Crippen LogP contribution >= 0.6 is 0 Å². The van der Waals surface area contributed by atoms with Crippen LogP contribution in [0.1, 0.15) is 22.0 Å². The molecule has 0 spiro atoms. The third-order valence-corrected chi connectivity index (χ3v) is 3.64. The van der Waals surface area contributed by atoms with Crippen molar-refractivity contribution in [3.8, 4) is 11.5 Å². The summed E-state index contributed by atoms with van der Waals surface area (Å²) in [7, 11) is 1.35. The number of methoxy groups -OCH3 is 1. The average molecular weight is 330 g/mol. The first kappa shape index (κ1) is 17.1. The van der Waals surface area contributed by atoms with E-state index in [0.717, 1.165) is 6.07 Å². The van der Waals surface area contributed by atoms with Crippen LogP contribution in [-0.4, -0.2) is 43.9 Å². The molecule has 5 nitrogen and oxygen atoms in total. The van der Waals surface area contributed by atoms with E-state index in [1.165, 1.54) is 7.11 Å². The normalized spacial score (nSPS) is 19.4. The molecule has 1 aromatic carbocycles. The van der Waals surface area contributed by atoms with Crippen molar-refractivity contribution >= 4 is 5.91 Å². The Morgan fingerprint density at radius 2 is 2.04 bits per heavy atom. The molecule has 0 radical (unpaired) electrons. The van der Waals surface area contributed by atoms with Gasteiger partial charge in [-0.25, -0.2) is 0 Å². The van der Waals surface area contributed by atoms with Gasteiger partial charge >= 0.3 is 6.36 Å². The van der Waals surface area contributed by atoms with Crippen molar-refractivity contribution in [2.75, 3.05) is 26.7 Å². The molecule has 1 N–H and O–H groups in total. The smallest absolute Gasteiger partial charge is 0.497 e. The number of nitrogens with one attached hydrogen (secondary N) is 1. The van der Waals surface area contributed by atoms with Gasteiger partial charge in [-0.05, 0) is 11.6 Å². The summed E-state index contributed by atoms with van der Waals surface area (Å²) >= 11 is 0. The summed E-state index contributed by atoms with van der Waals surface area (Å²) < 4.78 is 46.7. The summed E-state index contributed by atoms with van der Waals surface area (Å²) in [6, 6.07) is 2.40. The fraction of sp³-hybridized carbons (Fsp3) is 0.400. The fourth-order valence-corrected chi connectivity index (χ4v) is 2.79. The van der Waals surface area contributed by atoms with Crippen molar-refractivity contribution in [3.63, 3.8) is 0 Å². The van der Waals surface area contributed by atoms with Crippen LogP contribution in [-0.2, 0) is 0 Å². The molecule has 0 bridgehead atoms. The number of hydrogen-bond acceptors (Lipinski definition) is 4. The van der Waals surface area contributed by atoms with Crippen LogP contribution in [0.5, 0.6) is 11.5 Å². The quantitative estimate of drug-likeness (QED) is 0.847. The van der Waals surface area contributed by atoms with Crippen LogP contribution in [0.4, 0.5) is 13.2 Å². The Hall–Kier alpha value is -2.22. The minimum atomic E-state index is -4.86. The van der Waals surface area contributed by atoms with Gasteiger partial charge in [0.25, 0.3) is 5.91 Å². The van der Waals surface area contributed by atoms with Gasteiger partial charge < -0.3 is 19.7 Å². The van der Waals surface area contributed by atoms with E-state index < -0.39 is 18.0 Å². The van der Waals surface area contributed by atoms with Crippen LogP contribution in [0, 0.1) is 0 Å². The summed E-state index contributed by atoms with van der Waals surface area (Å²) in [5.74, 6) is -0.706. The average Bonchev–Trinajstić information content (AvgIpc) is 2.81. The maximum Gasteiger partial charge on any atom is 0.573 e. The molecule has 1 unspecified atom stereocenters. The van der Waals surface area contributed by atoms with E-state index in [0.29, 0.717) is 25.2 Å². The molecule has 2 aliphatic heterocycles. The van der Waals surface area contributed by atoms with Gasteiger partial charge in [-0.3, -0.25) is 4.79 Å². The molecule has 8 heteroatoms. The van der Waals surface area contributed by atoms with Gasteiger partial charge in [0.2, 0.25) is 0 Å². The van der Waals surface area contributed by atoms with Crippen molar-refractivity contribution in [2.24, 2.45) is 0 Å². The van der Waals surface area contributed by atoms with Crippen molar-refractivity contribution in [1.29, 1.82) is 0 Å². The SMILES string of the molecule is C=C.COc1cc(OC(F)(F)F)c2c(c1)C1CNCCN1C2=O. The van der Waals surface area contributed by atoms with Gasteiger partial charge in [0.05, 0.1) is 18.7 Å². The molecule has 0 aromatic heterocycles. The second-order valence-electron chi connectivity index (χ2n) is 4.86. The lowest BCUT2D eigenvalue weighted by atomic mass is 10.0. The minimum Gasteiger partial charge on any atom is -0.497 e. The highest BCUT2D eigenvalue weighted by Gasteiger charge is 2.43. The minimum absolute atomic E-state index is 0.0261. The van der Waals surface area contributed by atoms with Crippen LogP contribution in [0.3, 0.4) is 0 Å². The van der Waals surface area contributed by atoms with E-state index in [9.17, 15) is 18.0 Å². The summed E-state index contributed by atoms with van der Waals surface area (Å²) in [6.07, 6.45) is -4.86. The predicted molar refractivity (Wildman–Crippen MR) is 77.6 cm³/mol. The number of rotatable bonds is 2. The Bertz CT molecular complexity index is 604. The van der Waals surface area contributed by atoms with Crippen LogP contribution < -0.4 is 14.8 Å². The van der Waals surface area contributed by atoms with Crippen LogP contribution in [0.15, 0.2) is 25.3 Å². The number of carbonyl (C=O) groups excluding carboxylic acids is 1. The van der Waals surface area contributed by atoms with Gasteiger partial charge in [0.1, 0.15) is 11.5 Å². The van der Waals surface area contributed by atoms with Crippen molar-refractivity contribution in [3.05, 3.63) is 36.4 Å². The van der Waals surface area contributed by atoms with Gasteiger partial charge in [-0.1, -0.05) is 0 Å². The maximum absolute atomic E-state index is 12.5. The van der Waals surface area contributed by atoms with Gasteiger partial charge in [0.15, 0.2) is 0 Å². The second-order valence-corrected chi connectivity index (χ2v) is 4.86.